The maximum atomic E-state index is 4.86. The molecule has 0 saturated carbocycles. The Hall–Kier alpha value is -1.63. The number of hydrogen-bond donors (Lipinski definition) is 0. The van der Waals surface area contributed by atoms with Crippen LogP contribution in [-0.4, -0.2) is 4.98 Å². The van der Waals surface area contributed by atoms with Gasteiger partial charge in [-0.05, 0) is 55.4 Å². The summed E-state index contributed by atoms with van der Waals surface area (Å²) >= 11 is 0. The summed E-state index contributed by atoms with van der Waals surface area (Å²) in [4.78, 5) is 4.86. The van der Waals surface area contributed by atoms with Gasteiger partial charge in [0, 0.05) is 5.39 Å². The molecule has 0 bridgehead atoms. The Morgan fingerprint density at radius 2 is 2.06 bits per heavy atom. The van der Waals surface area contributed by atoms with E-state index >= 15 is 0 Å². The van der Waals surface area contributed by atoms with Crippen molar-refractivity contribution in [3.8, 4) is 0 Å². The maximum absolute atomic E-state index is 4.86. The van der Waals surface area contributed by atoms with Crippen LogP contribution in [-0.2, 0) is 0 Å². The normalized spacial score (nSPS) is 19.9. The molecule has 1 aromatic heterocycles. The summed E-state index contributed by atoms with van der Waals surface area (Å²) in [5.41, 5.74) is 5.06. The topological polar surface area (TPSA) is 12.9 Å². The van der Waals surface area contributed by atoms with Gasteiger partial charge in [0.2, 0.25) is 0 Å². The SMILES string of the molecule is Cc1cc2ccccc2nc1C1=CC(C)CCC1. The second-order valence-electron chi connectivity index (χ2n) is 5.41. The highest BCUT2D eigenvalue weighted by Gasteiger charge is 2.14. The monoisotopic (exact) mass is 237 g/mol. The third-order valence-corrected chi connectivity index (χ3v) is 3.81. The van der Waals surface area contributed by atoms with E-state index in [1.54, 1.807) is 0 Å². The fraction of sp³-hybridized carbons (Fsp3) is 0.353. The van der Waals surface area contributed by atoms with E-state index in [-0.39, 0.29) is 0 Å². The van der Waals surface area contributed by atoms with E-state index in [1.807, 2.05) is 0 Å². The summed E-state index contributed by atoms with van der Waals surface area (Å²) in [6.45, 7) is 4.48. The zero-order valence-corrected chi connectivity index (χ0v) is 11.1. The molecule has 0 saturated heterocycles. The van der Waals surface area contributed by atoms with Gasteiger partial charge in [-0.2, -0.15) is 0 Å². The van der Waals surface area contributed by atoms with Crippen LogP contribution in [0.5, 0.6) is 0 Å². The molecule has 0 N–H and O–H groups in total. The van der Waals surface area contributed by atoms with Gasteiger partial charge in [0.1, 0.15) is 0 Å². The van der Waals surface area contributed by atoms with Crippen LogP contribution in [0.1, 0.15) is 37.4 Å². The third-order valence-electron chi connectivity index (χ3n) is 3.81. The lowest BCUT2D eigenvalue weighted by Crippen LogP contribution is -2.03. The molecule has 0 radical (unpaired) electrons. The highest BCUT2D eigenvalue weighted by molar-refractivity contribution is 5.82. The minimum Gasteiger partial charge on any atom is -0.248 e. The quantitative estimate of drug-likeness (QED) is 0.697. The lowest BCUT2D eigenvalue weighted by molar-refractivity contribution is 0.592. The Labute approximate surface area is 109 Å². The number of para-hydroxylation sites is 1. The molecule has 18 heavy (non-hydrogen) atoms. The van der Waals surface area contributed by atoms with Crippen LogP contribution in [0.25, 0.3) is 16.5 Å². The summed E-state index contributed by atoms with van der Waals surface area (Å²) in [5, 5.41) is 1.24. The lowest BCUT2D eigenvalue weighted by atomic mass is 9.88. The third kappa shape index (κ3) is 2.05. The van der Waals surface area contributed by atoms with Crippen molar-refractivity contribution in [3.63, 3.8) is 0 Å². The molecule has 0 fully saturated rings. The van der Waals surface area contributed by atoms with Gasteiger partial charge < -0.3 is 0 Å². The van der Waals surface area contributed by atoms with Crippen molar-refractivity contribution < 1.29 is 0 Å². The predicted molar refractivity (Wildman–Crippen MR) is 77.5 cm³/mol. The van der Waals surface area contributed by atoms with E-state index < -0.39 is 0 Å². The average molecular weight is 237 g/mol. The zero-order chi connectivity index (χ0) is 12.5. The van der Waals surface area contributed by atoms with E-state index in [9.17, 15) is 0 Å². The molecule has 0 amide bonds. The second kappa shape index (κ2) is 4.56. The van der Waals surface area contributed by atoms with E-state index in [2.05, 4.69) is 50.3 Å². The maximum Gasteiger partial charge on any atom is 0.0709 e. The molecular formula is C17H19N. The van der Waals surface area contributed by atoms with E-state index in [0.717, 1.165) is 5.52 Å². The number of pyridine rings is 1. The first kappa shape index (κ1) is 11.5. The van der Waals surface area contributed by atoms with Crippen molar-refractivity contribution in [3.05, 3.63) is 47.7 Å². The van der Waals surface area contributed by atoms with Crippen LogP contribution in [0.2, 0.25) is 0 Å². The molecule has 2 aromatic rings. The van der Waals surface area contributed by atoms with Gasteiger partial charge >= 0.3 is 0 Å². The molecule has 1 aliphatic rings. The molecule has 1 nitrogen and oxygen atoms in total. The highest BCUT2D eigenvalue weighted by Crippen LogP contribution is 2.31. The second-order valence-corrected chi connectivity index (χ2v) is 5.41. The van der Waals surface area contributed by atoms with Crippen LogP contribution in [0.3, 0.4) is 0 Å². The number of aromatic nitrogens is 1. The molecule has 3 rings (SSSR count). The van der Waals surface area contributed by atoms with Gasteiger partial charge in [0.15, 0.2) is 0 Å². The van der Waals surface area contributed by atoms with Crippen LogP contribution < -0.4 is 0 Å². The Morgan fingerprint density at radius 3 is 2.89 bits per heavy atom. The molecule has 1 unspecified atom stereocenters. The molecule has 1 aromatic carbocycles. The number of benzene rings is 1. The number of fused-ring (bicyclic) bond motifs is 1. The minimum atomic E-state index is 0.696. The predicted octanol–water partition coefficient (Wildman–Crippen LogP) is 4.75. The average Bonchev–Trinajstić information content (AvgIpc) is 2.38. The molecular weight excluding hydrogens is 218 g/mol. The minimum absolute atomic E-state index is 0.696. The Balaban J connectivity index is 2.14. The van der Waals surface area contributed by atoms with Gasteiger partial charge in [0.25, 0.3) is 0 Å². The number of allylic oxidation sites excluding steroid dienone is 2. The highest BCUT2D eigenvalue weighted by atomic mass is 14.7. The van der Waals surface area contributed by atoms with Gasteiger partial charge in [-0.1, -0.05) is 31.2 Å². The summed E-state index contributed by atoms with van der Waals surface area (Å²) in [6.07, 6.45) is 6.20. The van der Waals surface area contributed by atoms with Crippen molar-refractivity contribution in [2.24, 2.45) is 5.92 Å². The Kier molecular flexibility index (Phi) is 2.91. The van der Waals surface area contributed by atoms with Crippen LogP contribution in [0.4, 0.5) is 0 Å². The Morgan fingerprint density at radius 1 is 1.22 bits per heavy atom. The standard InChI is InChI=1S/C17H19N/c1-12-6-5-8-15(10-12)17-13(2)11-14-7-3-4-9-16(14)18-17/h3-4,7,9-12H,5-6,8H2,1-2H3. The number of aryl methyl sites for hydroxylation is 1. The molecule has 1 heteroatoms. The van der Waals surface area contributed by atoms with Gasteiger partial charge in [0.05, 0.1) is 11.2 Å². The van der Waals surface area contributed by atoms with Gasteiger partial charge in [-0.15, -0.1) is 0 Å². The lowest BCUT2D eigenvalue weighted by Gasteiger charge is -2.19. The molecule has 1 atom stereocenters. The molecule has 0 aliphatic heterocycles. The largest absolute Gasteiger partial charge is 0.248 e. The first-order valence-electron chi connectivity index (χ1n) is 6.81. The van der Waals surface area contributed by atoms with Crippen molar-refractivity contribution >= 4 is 16.5 Å². The van der Waals surface area contributed by atoms with Crippen LogP contribution in [0, 0.1) is 12.8 Å². The summed E-state index contributed by atoms with van der Waals surface area (Å²) in [7, 11) is 0. The number of nitrogens with zero attached hydrogens (tertiary/aromatic N) is 1. The fourth-order valence-electron chi connectivity index (χ4n) is 2.87. The molecule has 1 heterocycles. The van der Waals surface area contributed by atoms with Crippen molar-refractivity contribution in [2.45, 2.75) is 33.1 Å². The molecule has 0 spiro atoms. The van der Waals surface area contributed by atoms with E-state index in [0.29, 0.717) is 5.92 Å². The van der Waals surface area contributed by atoms with Crippen LogP contribution in [0.15, 0.2) is 36.4 Å². The number of rotatable bonds is 1. The first-order chi connectivity index (χ1) is 8.74. The van der Waals surface area contributed by atoms with E-state index in [1.165, 1.54) is 41.5 Å². The number of hydrogen-bond acceptors (Lipinski definition) is 1. The van der Waals surface area contributed by atoms with Gasteiger partial charge in [-0.3, -0.25) is 0 Å². The Bertz CT molecular complexity index is 610. The molecule has 92 valence electrons. The van der Waals surface area contributed by atoms with E-state index in [4.69, 9.17) is 4.98 Å². The first-order valence-corrected chi connectivity index (χ1v) is 6.81. The smallest absolute Gasteiger partial charge is 0.0709 e. The zero-order valence-electron chi connectivity index (χ0n) is 11.1. The molecule has 1 aliphatic carbocycles. The van der Waals surface area contributed by atoms with Gasteiger partial charge in [-0.25, -0.2) is 4.98 Å². The summed E-state index contributed by atoms with van der Waals surface area (Å²) in [5.74, 6) is 0.696. The fourth-order valence-corrected chi connectivity index (χ4v) is 2.87. The van der Waals surface area contributed by atoms with Crippen molar-refractivity contribution in [1.82, 2.24) is 4.98 Å². The van der Waals surface area contributed by atoms with Crippen molar-refractivity contribution in [1.29, 1.82) is 0 Å². The summed E-state index contributed by atoms with van der Waals surface area (Å²) in [6, 6.07) is 10.6. The van der Waals surface area contributed by atoms with Crippen molar-refractivity contribution in [2.75, 3.05) is 0 Å². The van der Waals surface area contributed by atoms with Crippen LogP contribution >= 0.6 is 0 Å². The summed E-state index contributed by atoms with van der Waals surface area (Å²) < 4.78 is 0.